The van der Waals surface area contributed by atoms with Gasteiger partial charge in [0.05, 0.1) is 16.7 Å². The zero-order chi connectivity index (χ0) is 13.5. The van der Waals surface area contributed by atoms with E-state index in [0.29, 0.717) is 11.3 Å². The summed E-state index contributed by atoms with van der Waals surface area (Å²) in [6.07, 6.45) is 3.50. The van der Waals surface area contributed by atoms with Crippen LogP contribution in [-0.4, -0.2) is 20.1 Å². The summed E-state index contributed by atoms with van der Waals surface area (Å²) in [5.41, 5.74) is 0.737. The van der Waals surface area contributed by atoms with E-state index in [0.717, 1.165) is 24.8 Å². The van der Waals surface area contributed by atoms with Crippen LogP contribution in [0.25, 0.3) is 0 Å². The maximum Gasteiger partial charge on any atom is 0.223 e. The number of hydrogen-bond acceptors (Lipinski definition) is 3. The van der Waals surface area contributed by atoms with Crippen LogP contribution >= 0.6 is 0 Å². The van der Waals surface area contributed by atoms with Crippen molar-refractivity contribution in [2.45, 2.75) is 36.6 Å². The van der Waals surface area contributed by atoms with Crippen molar-refractivity contribution in [3.05, 3.63) is 29.8 Å². The summed E-state index contributed by atoms with van der Waals surface area (Å²) >= 11 is 0. The first kappa shape index (κ1) is 12.7. The number of benzene rings is 1. The topological polar surface area (TPSA) is 63.2 Å². The molecule has 0 bridgehead atoms. The van der Waals surface area contributed by atoms with Crippen molar-refractivity contribution in [2.75, 3.05) is 5.75 Å². The lowest BCUT2D eigenvalue weighted by atomic mass is 9.84. The van der Waals surface area contributed by atoms with Gasteiger partial charge in [0, 0.05) is 5.92 Å². The second-order valence-corrected chi connectivity index (χ2v) is 7.41. The quantitative estimate of drug-likeness (QED) is 0.898. The van der Waals surface area contributed by atoms with Gasteiger partial charge in [0.25, 0.3) is 0 Å². The minimum absolute atomic E-state index is 0.0744. The van der Waals surface area contributed by atoms with Gasteiger partial charge >= 0.3 is 0 Å². The molecule has 5 heteroatoms. The van der Waals surface area contributed by atoms with Gasteiger partial charge in [0.15, 0.2) is 9.84 Å². The molecule has 1 aliphatic carbocycles. The Morgan fingerprint density at radius 3 is 2.58 bits per heavy atom. The predicted octanol–water partition coefficient (Wildman–Crippen LogP) is 1.82. The van der Waals surface area contributed by atoms with Crippen molar-refractivity contribution in [3.8, 4) is 0 Å². The molecule has 1 saturated carbocycles. The van der Waals surface area contributed by atoms with Gasteiger partial charge in [-0.3, -0.25) is 4.79 Å². The van der Waals surface area contributed by atoms with Crippen LogP contribution in [-0.2, 0) is 14.6 Å². The number of sulfone groups is 1. The van der Waals surface area contributed by atoms with E-state index in [9.17, 15) is 13.2 Å². The first-order valence-electron chi connectivity index (χ1n) is 6.70. The molecule has 0 aromatic heterocycles. The number of fused-ring (bicyclic) bond motifs is 1. The minimum Gasteiger partial charge on any atom is -0.349 e. The SMILES string of the molecule is O=C(N[C@H]1CCS(=O)(=O)c2ccccc21)C1CCC1. The number of rotatable bonds is 2. The van der Waals surface area contributed by atoms with Crippen LogP contribution in [0.2, 0.25) is 0 Å². The van der Waals surface area contributed by atoms with Gasteiger partial charge in [-0.15, -0.1) is 0 Å². The summed E-state index contributed by atoms with van der Waals surface area (Å²) in [7, 11) is -3.17. The van der Waals surface area contributed by atoms with E-state index in [4.69, 9.17) is 0 Å². The normalized spacial score (nSPS) is 25.2. The van der Waals surface area contributed by atoms with Crippen LogP contribution in [0, 0.1) is 5.92 Å². The van der Waals surface area contributed by atoms with Crippen molar-refractivity contribution in [3.63, 3.8) is 0 Å². The summed E-state index contributed by atoms with van der Waals surface area (Å²) < 4.78 is 24.0. The Balaban J connectivity index is 1.86. The van der Waals surface area contributed by atoms with E-state index in [-0.39, 0.29) is 23.6 Å². The molecule has 1 aromatic rings. The summed E-state index contributed by atoms with van der Waals surface area (Å²) in [5, 5.41) is 3.01. The van der Waals surface area contributed by atoms with Crippen LogP contribution < -0.4 is 5.32 Å². The summed E-state index contributed by atoms with van der Waals surface area (Å²) in [6, 6.07) is 6.83. The molecule has 0 radical (unpaired) electrons. The average Bonchev–Trinajstić information content (AvgIpc) is 2.31. The van der Waals surface area contributed by atoms with E-state index in [1.54, 1.807) is 18.2 Å². The standard InChI is InChI=1S/C14H17NO3S/c16-14(10-4-3-5-10)15-12-8-9-19(17,18)13-7-2-1-6-11(12)13/h1-2,6-7,10,12H,3-5,8-9H2,(H,15,16)/t12-/m0/s1. The molecule has 0 spiro atoms. The molecule has 2 aliphatic rings. The monoisotopic (exact) mass is 279 g/mol. The largest absolute Gasteiger partial charge is 0.349 e. The number of hydrogen-bond donors (Lipinski definition) is 1. The molecule has 1 N–H and O–H groups in total. The van der Waals surface area contributed by atoms with Gasteiger partial charge < -0.3 is 5.32 Å². The molecular weight excluding hydrogens is 262 g/mol. The summed E-state index contributed by atoms with van der Waals surface area (Å²) in [6.45, 7) is 0. The van der Waals surface area contributed by atoms with Crippen molar-refractivity contribution in [1.29, 1.82) is 0 Å². The van der Waals surface area contributed by atoms with Gasteiger partial charge in [0.2, 0.25) is 5.91 Å². The second kappa shape index (κ2) is 4.63. The maximum atomic E-state index is 12.0. The van der Waals surface area contributed by atoms with Crippen LogP contribution in [0.5, 0.6) is 0 Å². The fourth-order valence-corrected chi connectivity index (χ4v) is 4.32. The molecule has 0 saturated heterocycles. The fourth-order valence-electron chi connectivity index (χ4n) is 2.70. The van der Waals surface area contributed by atoms with Gasteiger partial charge in [-0.2, -0.15) is 0 Å². The summed E-state index contributed by atoms with van der Waals surface area (Å²) in [4.78, 5) is 12.4. The van der Waals surface area contributed by atoms with Crippen molar-refractivity contribution >= 4 is 15.7 Å². The Morgan fingerprint density at radius 1 is 1.16 bits per heavy atom. The molecule has 19 heavy (non-hydrogen) atoms. The highest BCUT2D eigenvalue weighted by Crippen LogP contribution is 2.33. The van der Waals surface area contributed by atoms with E-state index >= 15 is 0 Å². The second-order valence-electron chi connectivity index (χ2n) is 5.33. The molecule has 1 fully saturated rings. The third kappa shape index (κ3) is 2.27. The molecule has 4 nitrogen and oxygen atoms in total. The van der Waals surface area contributed by atoms with E-state index in [1.807, 2.05) is 6.07 Å². The average molecular weight is 279 g/mol. The number of carbonyl (C=O) groups is 1. The van der Waals surface area contributed by atoms with E-state index < -0.39 is 9.84 Å². The molecular formula is C14H17NO3S. The summed E-state index contributed by atoms with van der Waals surface area (Å²) in [5.74, 6) is 0.315. The molecule has 1 atom stereocenters. The van der Waals surface area contributed by atoms with Crippen molar-refractivity contribution < 1.29 is 13.2 Å². The third-order valence-electron chi connectivity index (χ3n) is 4.10. The molecule has 1 amide bonds. The van der Waals surface area contributed by atoms with E-state index in [2.05, 4.69) is 5.32 Å². The van der Waals surface area contributed by atoms with Crippen LogP contribution in [0.15, 0.2) is 29.2 Å². The highest BCUT2D eigenvalue weighted by Gasteiger charge is 2.33. The third-order valence-corrected chi connectivity index (χ3v) is 5.91. The Kier molecular flexibility index (Phi) is 3.09. The van der Waals surface area contributed by atoms with Gasteiger partial charge in [-0.05, 0) is 30.9 Å². The zero-order valence-corrected chi connectivity index (χ0v) is 11.4. The highest BCUT2D eigenvalue weighted by atomic mass is 32.2. The van der Waals surface area contributed by atoms with Crippen LogP contribution in [0.4, 0.5) is 0 Å². The Hall–Kier alpha value is -1.36. The van der Waals surface area contributed by atoms with Gasteiger partial charge in [-0.25, -0.2) is 8.42 Å². The fraction of sp³-hybridized carbons (Fsp3) is 0.500. The maximum absolute atomic E-state index is 12.0. The smallest absolute Gasteiger partial charge is 0.223 e. The lowest BCUT2D eigenvalue weighted by Crippen LogP contribution is -2.39. The van der Waals surface area contributed by atoms with Gasteiger partial charge in [-0.1, -0.05) is 24.6 Å². The number of amides is 1. The van der Waals surface area contributed by atoms with Gasteiger partial charge in [0.1, 0.15) is 0 Å². The number of carbonyl (C=O) groups excluding carboxylic acids is 1. The zero-order valence-electron chi connectivity index (χ0n) is 10.6. The van der Waals surface area contributed by atoms with Crippen LogP contribution in [0.3, 0.4) is 0 Å². The minimum atomic E-state index is -3.17. The van der Waals surface area contributed by atoms with Crippen molar-refractivity contribution in [2.24, 2.45) is 5.92 Å². The first-order valence-corrected chi connectivity index (χ1v) is 8.35. The molecule has 3 rings (SSSR count). The number of nitrogens with one attached hydrogen (secondary N) is 1. The molecule has 0 unspecified atom stereocenters. The van der Waals surface area contributed by atoms with Crippen molar-refractivity contribution in [1.82, 2.24) is 5.32 Å². The Bertz CT molecular complexity index is 605. The molecule has 1 heterocycles. The molecule has 1 aliphatic heterocycles. The first-order chi connectivity index (χ1) is 9.08. The molecule has 102 valence electrons. The lowest BCUT2D eigenvalue weighted by Gasteiger charge is -2.30. The van der Waals surface area contributed by atoms with E-state index in [1.165, 1.54) is 0 Å². The van der Waals surface area contributed by atoms with Crippen LogP contribution in [0.1, 0.15) is 37.3 Å². The predicted molar refractivity (Wildman–Crippen MR) is 71.3 cm³/mol. The highest BCUT2D eigenvalue weighted by molar-refractivity contribution is 7.91. The molecule has 1 aromatic carbocycles. The lowest BCUT2D eigenvalue weighted by molar-refractivity contribution is -0.128. The Labute approximate surface area is 113 Å². The Morgan fingerprint density at radius 2 is 1.89 bits per heavy atom.